The van der Waals surface area contributed by atoms with E-state index in [0.29, 0.717) is 0 Å². The Hall–Kier alpha value is -2.01. The van der Waals surface area contributed by atoms with Crippen LogP contribution in [-0.4, -0.2) is 41.1 Å². The third-order valence-electron chi connectivity index (χ3n) is 4.01. The van der Waals surface area contributed by atoms with Crippen LogP contribution in [0, 0.1) is 0 Å². The molecule has 0 radical (unpaired) electrons. The Morgan fingerprint density at radius 3 is 2.32 bits per heavy atom. The summed E-state index contributed by atoms with van der Waals surface area (Å²) in [5.41, 5.74) is 3.38. The van der Waals surface area contributed by atoms with Crippen LogP contribution in [0.15, 0.2) is 30.5 Å². The molecule has 0 aliphatic carbocycles. The van der Waals surface area contributed by atoms with Gasteiger partial charge in [0.15, 0.2) is 0 Å². The minimum atomic E-state index is -0.0193. The largest absolute Gasteiger partial charge is 0.508 e. The van der Waals surface area contributed by atoms with Crippen LogP contribution in [0.25, 0.3) is 5.69 Å². The summed E-state index contributed by atoms with van der Waals surface area (Å²) in [5, 5.41) is 17.5. The van der Waals surface area contributed by atoms with Gasteiger partial charge in [0.2, 0.25) is 0 Å². The highest BCUT2D eigenvalue weighted by Gasteiger charge is 2.28. The first-order chi connectivity index (χ1) is 10.5. The Labute approximate surface area is 131 Å². The number of hydrogen-bond acceptors (Lipinski definition) is 4. The number of hydrogen-bond donors (Lipinski definition) is 2. The molecule has 2 aromatic rings. The van der Waals surface area contributed by atoms with E-state index in [1.54, 1.807) is 12.1 Å². The number of rotatable bonds is 2. The average Bonchev–Trinajstić information content (AvgIpc) is 2.94. The molecule has 118 valence electrons. The molecule has 0 amide bonds. The van der Waals surface area contributed by atoms with Crippen LogP contribution in [0.3, 0.4) is 0 Å². The highest BCUT2D eigenvalue weighted by Crippen LogP contribution is 2.34. The molecule has 1 aliphatic rings. The van der Waals surface area contributed by atoms with Gasteiger partial charge < -0.3 is 15.3 Å². The normalized spacial score (nSPS) is 16.0. The summed E-state index contributed by atoms with van der Waals surface area (Å²) in [4.78, 5) is 2.40. The second-order valence-corrected chi connectivity index (χ2v) is 6.79. The first-order valence-corrected chi connectivity index (χ1v) is 7.80. The monoisotopic (exact) mass is 300 g/mol. The summed E-state index contributed by atoms with van der Waals surface area (Å²) < 4.78 is 2.00. The fourth-order valence-electron chi connectivity index (χ4n) is 2.97. The summed E-state index contributed by atoms with van der Waals surface area (Å²) in [6.07, 6.45) is 1.97. The molecule has 1 aromatic heterocycles. The molecule has 1 aliphatic heterocycles. The molecule has 0 saturated carbocycles. The van der Waals surface area contributed by atoms with Crippen molar-refractivity contribution in [2.24, 2.45) is 0 Å². The van der Waals surface area contributed by atoms with Gasteiger partial charge in [0.25, 0.3) is 0 Å². The van der Waals surface area contributed by atoms with E-state index >= 15 is 0 Å². The van der Waals surface area contributed by atoms with Crippen LogP contribution in [-0.2, 0) is 5.41 Å². The van der Waals surface area contributed by atoms with Crippen molar-refractivity contribution in [3.05, 3.63) is 36.2 Å². The highest BCUT2D eigenvalue weighted by molar-refractivity contribution is 5.56. The number of phenols is 1. The molecule has 1 saturated heterocycles. The Bertz CT molecular complexity index is 634. The summed E-state index contributed by atoms with van der Waals surface area (Å²) in [5.74, 6) is 0.274. The number of nitrogens with zero attached hydrogens (tertiary/aromatic N) is 3. The minimum Gasteiger partial charge on any atom is -0.508 e. The molecule has 1 fully saturated rings. The van der Waals surface area contributed by atoms with E-state index in [1.165, 1.54) is 11.4 Å². The molecule has 0 spiro atoms. The first-order valence-electron chi connectivity index (χ1n) is 7.80. The van der Waals surface area contributed by atoms with Crippen molar-refractivity contribution < 1.29 is 5.11 Å². The molecular formula is C17H24N4O. The Balaban J connectivity index is 2.07. The number of benzene rings is 1. The van der Waals surface area contributed by atoms with E-state index in [9.17, 15) is 5.11 Å². The number of aromatic nitrogens is 2. The van der Waals surface area contributed by atoms with Crippen molar-refractivity contribution in [1.82, 2.24) is 15.1 Å². The average molecular weight is 300 g/mol. The molecule has 0 atom stereocenters. The van der Waals surface area contributed by atoms with E-state index in [0.717, 1.165) is 31.9 Å². The predicted octanol–water partition coefficient (Wildman–Crippen LogP) is 2.29. The van der Waals surface area contributed by atoms with Crippen molar-refractivity contribution in [1.29, 1.82) is 0 Å². The zero-order valence-electron chi connectivity index (χ0n) is 13.5. The van der Waals surface area contributed by atoms with Gasteiger partial charge >= 0.3 is 0 Å². The molecule has 2 heterocycles. The molecule has 3 rings (SSSR count). The molecule has 5 nitrogen and oxygen atoms in total. The lowest BCUT2D eigenvalue weighted by atomic mass is 9.90. The number of aromatic hydroxyl groups is 1. The lowest BCUT2D eigenvalue weighted by molar-refractivity contribution is 0.475. The molecule has 5 heteroatoms. The van der Waals surface area contributed by atoms with Crippen LogP contribution < -0.4 is 10.2 Å². The van der Waals surface area contributed by atoms with Crippen molar-refractivity contribution in [3.8, 4) is 11.4 Å². The maximum atomic E-state index is 9.50. The maximum absolute atomic E-state index is 9.50. The third-order valence-corrected chi connectivity index (χ3v) is 4.01. The summed E-state index contributed by atoms with van der Waals surface area (Å²) in [7, 11) is 0. The zero-order chi connectivity index (χ0) is 15.7. The Morgan fingerprint density at radius 2 is 1.73 bits per heavy atom. The van der Waals surface area contributed by atoms with Gasteiger partial charge in [0.1, 0.15) is 5.75 Å². The molecule has 0 unspecified atom stereocenters. The quantitative estimate of drug-likeness (QED) is 0.893. The number of phenolic OH excluding ortho intramolecular Hbond substituents is 1. The van der Waals surface area contributed by atoms with Crippen molar-refractivity contribution >= 4 is 5.69 Å². The predicted molar refractivity (Wildman–Crippen MR) is 89.0 cm³/mol. The van der Waals surface area contributed by atoms with Crippen LogP contribution in [0.2, 0.25) is 0 Å². The highest BCUT2D eigenvalue weighted by atomic mass is 16.3. The lowest BCUT2D eigenvalue weighted by Gasteiger charge is -2.32. The van der Waals surface area contributed by atoms with E-state index < -0.39 is 0 Å². The SMILES string of the molecule is CC(C)(C)c1c(N2CCNCC2)cnn1-c1ccc(O)cc1. The molecule has 22 heavy (non-hydrogen) atoms. The second-order valence-electron chi connectivity index (χ2n) is 6.79. The molecule has 0 bridgehead atoms. The summed E-state index contributed by atoms with van der Waals surface area (Å²) in [6, 6.07) is 7.21. The Morgan fingerprint density at radius 1 is 1.09 bits per heavy atom. The van der Waals surface area contributed by atoms with Gasteiger partial charge in [-0.15, -0.1) is 0 Å². The van der Waals surface area contributed by atoms with Gasteiger partial charge in [-0.05, 0) is 24.3 Å². The maximum Gasteiger partial charge on any atom is 0.115 e. The Kier molecular flexibility index (Phi) is 3.83. The van der Waals surface area contributed by atoms with Crippen molar-refractivity contribution in [2.45, 2.75) is 26.2 Å². The fraction of sp³-hybridized carbons (Fsp3) is 0.471. The molecule has 2 N–H and O–H groups in total. The number of anilines is 1. The van der Waals surface area contributed by atoms with Crippen LogP contribution >= 0.6 is 0 Å². The van der Waals surface area contributed by atoms with Crippen molar-refractivity contribution in [2.75, 3.05) is 31.1 Å². The van der Waals surface area contributed by atoms with E-state index in [1.807, 2.05) is 23.0 Å². The second kappa shape index (κ2) is 5.65. The standard InChI is InChI=1S/C17H24N4O/c1-17(2,3)16-15(20-10-8-18-9-11-20)12-19-21(16)13-4-6-14(22)7-5-13/h4-7,12,18,22H,8-11H2,1-3H3. The van der Waals surface area contributed by atoms with E-state index in [4.69, 9.17) is 0 Å². The third kappa shape index (κ3) is 2.81. The molecule has 1 aromatic carbocycles. The van der Waals surface area contributed by atoms with Crippen LogP contribution in [0.4, 0.5) is 5.69 Å². The van der Waals surface area contributed by atoms with Gasteiger partial charge in [0, 0.05) is 31.6 Å². The fourth-order valence-corrected chi connectivity index (χ4v) is 2.97. The number of nitrogens with one attached hydrogen (secondary N) is 1. The lowest BCUT2D eigenvalue weighted by Crippen LogP contribution is -2.44. The first kappa shape index (κ1) is 14.9. The topological polar surface area (TPSA) is 53.3 Å². The van der Waals surface area contributed by atoms with Gasteiger partial charge in [-0.2, -0.15) is 5.10 Å². The van der Waals surface area contributed by atoms with Gasteiger partial charge in [-0.3, -0.25) is 0 Å². The van der Waals surface area contributed by atoms with Crippen LogP contribution in [0.1, 0.15) is 26.5 Å². The van der Waals surface area contributed by atoms with Gasteiger partial charge in [0.05, 0.1) is 23.3 Å². The smallest absolute Gasteiger partial charge is 0.115 e. The summed E-state index contributed by atoms with van der Waals surface area (Å²) in [6.45, 7) is 10.7. The number of piperazine rings is 1. The van der Waals surface area contributed by atoms with Gasteiger partial charge in [-0.1, -0.05) is 20.8 Å². The van der Waals surface area contributed by atoms with Gasteiger partial charge in [-0.25, -0.2) is 4.68 Å². The minimum absolute atomic E-state index is 0.0193. The van der Waals surface area contributed by atoms with Crippen molar-refractivity contribution in [3.63, 3.8) is 0 Å². The summed E-state index contributed by atoms with van der Waals surface area (Å²) >= 11 is 0. The zero-order valence-corrected chi connectivity index (χ0v) is 13.5. The van der Waals surface area contributed by atoms with E-state index in [-0.39, 0.29) is 11.2 Å². The molecular weight excluding hydrogens is 276 g/mol. The van der Waals surface area contributed by atoms with E-state index in [2.05, 4.69) is 36.1 Å². The van der Waals surface area contributed by atoms with Crippen LogP contribution in [0.5, 0.6) is 5.75 Å².